The maximum atomic E-state index is 12.2. The normalized spacial score (nSPS) is 18.3. The van der Waals surface area contributed by atoms with Crippen molar-refractivity contribution in [2.75, 3.05) is 39.1 Å². The van der Waals surface area contributed by atoms with E-state index in [-0.39, 0.29) is 12.1 Å². The van der Waals surface area contributed by atoms with Crippen molar-refractivity contribution in [2.45, 2.75) is 18.9 Å². The highest BCUT2D eigenvalue weighted by Gasteiger charge is 2.28. The molecule has 3 rings (SSSR count). The van der Waals surface area contributed by atoms with Gasteiger partial charge in [-0.05, 0) is 12.8 Å². The van der Waals surface area contributed by atoms with Crippen LogP contribution < -0.4 is 4.90 Å². The van der Waals surface area contributed by atoms with Crippen LogP contribution in [0.15, 0.2) is 12.5 Å². The molecular weight excluding hydrogens is 294 g/mol. The minimum absolute atomic E-state index is 0.0334. The second-order valence-corrected chi connectivity index (χ2v) is 6.23. The van der Waals surface area contributed by atoms with E-state index in [1.54, 1.807) is 30.0 Å². The first-order chi connectivity index (χ1) is 11.0. The van der Waals surface area contributed by atoms with Gasteiger partial charge in [0.25, 0.3) is 0 Å². The Morgan fingerprint density at radius 2 is 2.09 bits per heavy atom. The standard InChI is InChI=1S/C15H23N7O/c1-19(2)15(23)20(3)11-6-5-7-22(9-11)14-12-8-18-21(4)13(12)16-10-17-14/h8,10-11H,5-7,9H2,1-4H3. The van der Waals surface area contributed by atoms with Crippen molar-refractivity contribution in [2.24, 2.45) is 7.05 Å². The van der Waals surface area contributed by atoms with Crippen LogP contribution in [0.4, 0.5) is 10.6 Å². The molecule has 23 heavy (non-hydrogen) atoms. The molecule has 0 aliphatic carbocycles. The molecule has 0 N–H and O–H groups in total. The van der Waals surface area contributed by atoms with Gasteiger partial charge in [0.1, 0.15) is 12.1 Å². The second kappa shape index (κ2) is 6.02. The van der Waals surface area contributed by atoms with E-state index in [0.717, 1.165) is 42.8 Å². The van der Waals surface area contributed by atoms with Gasteiger partial charge >= 0.3 is 6.03 Å². The number of amides is 2. The molecule has 3 heterocycles. The van der Waals surface area contributed by atoms with E-state index >= 15 is 0 Å². The first-order valence-corrected chi connectivity index (χ1v) is 7.81. The van der Waals surface area contributed by atoms with Gasteiger partial charge in [0.2, 0.25) is 0 Å². The number of hydrogen-bond donors (Lipinski definition) is 0. The molecule has 0 radical (unpaired) electrons. The van der Waals surface area contributed by atoms with Crippen LogP contribution in [0.3, 0.4) is 0 Å². The smallest absolute Gasteiger partial charge is 0.319 e. The lowest BCUT2D eigenvalue weighted by molar-refractivity contribution is 0.157. The number of nitrogens with zero attached hydrogens (tertiary/aromatic N) is 7. The highest BCUT2D eigenvalue weighted by molar-refractivity contribution is 5.86. The predicted molar refractivity (Wildman–Crippen MR) is 88.4 cm³/mol. The number of carbonyl (C=O) groups excluding carboxylic acids is 1. The highest BCUT2D eigenvalue weighted by Crippen LogP contribution is 2.26. The number of urea groups is 1. The zero-order chi connectivity index (χ0) is 16.6. The van der Waals surface area contributed by atoms with Gasteiger partial charge in [-0.2, -0.15) is 5.10 Å². The third-order valence-corrected chi connectivity index (χ3v) is 4.44. The van der Waals surface area contributed by atoms with E-state index in [2.05, 4.69) is 20.0 Å². The minimum Gasteiger partial charge on any atom is -0.354 e. The van der Waals surface area contributed by atoms with Crippen LogP contribution >= 0.6 is 0 Å². The van der Waals surface area contributed by atoms with Gasteiger partial charge in [-0.1, -0.05) is 0 Å². The van der Waals surface area contributed by atoms with Crippen molar-refractivity contribution < 1.29 is 4.79 Å². The Balaban J connectivity index is 1.84. The maximum Gasteiger partial charge on any atom is 0.319 e. The number of anilines is 1. The number of rotatable bonds is 2. The fraction of sp³-hybridized carbons (Fsp3) is 0.600. The van der Waals surface area contributed by atoms with Crippen LogP contribution in [0.25, 0.3) is 11.0 Å². The summed E-state index contributed by atoms with van der Waals surface area (Å²) < 4.78 is 1.75. The summed E-state index contributed by atoms with van der Waals surface area (Å²) in [6, 6.07) is 0.214. The largest absolute Gasteiger partial charge is 0.354 e. The van der Waals surface area contributed by atoms with Gasteiger partial charge in [0, 0.05) is 41.3 Å². The Morgan fingerprint density at radius 3 is 2.83 bits per heavy atom. The minimum atomic E-state index is 0.0334. The number of likely N-dealkylation sites (N-methyl/N-ethyl adjacent to an activating group) is 1. The van der Waals surface area contributed by atoms with Gasteiger partial charge in [-0.3, -0.25) is 4.68 Å². The topological polar surface area (TPSA) is 70.4 Å². The maximum absolute atomic E-state index is 12.2. The molecule has 2 aromatic rings. The van der Waals surface area contributed by atoms with Gasteiger partial charge in [-0.15, -0.1) is 0 Å². The van der Waals surface area contributed by atoms with Crippen molar-refractivity contribution in [3.05, 3.63) is 12.5 Å². The second-order valence-electron chi connectivity index (χ2n) is 6.23. The van der Waals surface area contributed by atoms with Crippen LogP contribution in [0.1, 0.15) is 12.8 Å². The van der Waals surface area contributed by atoms with Crippen molar-refractivity contribution >= 4 is 22.9 Å². The number of aromatic nitrogens is 4. The molecule has 1 aliphatic rings. The fourth-order valence-corrected chi connectivity index (χ4v) is 3.14. The van der Waals surface area contributed by atoms with Gasteiger partial charge in [0.15, 0.2) is 5.65 Å². The molecule has 1 atom stereocenters. The molecule has 8 nitrogen and oxygen atoms in total. The van der Waals surface area contributed by atoms with Crippen LogP contribution in [0.5, 0.6) is 0 Å². The lowest BCUT2D eigenvalue weighted by atomic mass is 10.0. The van der Waals surface area contributed by atoms with E-state index in [4.69, 9.17) is 0 Å². The van der Waals surface area contributed by atoms with E-state index < -0.39 is 0 Å². The number of piperidine rings is 1. The average Bonchev–Trinajstić information content (AvgIpc) is 2.95. The van der Waals surface area contributed by atoms with Crippen LogP contribution in [-0.4, -0.2) is 75.9 Å². The average molecular weight is 317 g/mol. The Morgan fingerprint density at radius 1 is 1.30 bits per heavy atom. The molecule has 0 spiro atoms. The summed E-state index contributed by atoms with van der Waals surface area (Å²) in [6.45, 7) is 1.71. The Kier molecular flexibility index (Phi) is 4.06. The summed E-state index contributed by atoms with van der Waals surface area (Å²) in [5.41, 5.74) is 0.829. The summed E-state index contributed by atoms with van der Waals surface area (Å²) in [7, 11) is 7.31. The molecule has 124 valence electrons. The summed E-state index contributed by atoms with van der Waals surface area (Å²) >= 11 is 0. The SMILES string of the molecule is CN(C)C(=O)N(C)C1CCCN(c2ncnc3c2cnn3C)C1. The number of fused-ring (bicyclic) bond motifs is 1. The zero-order valence-corrected chi connectivity index (χ0v) is 14.1. The van der Waals surface area contributed by atoms with Crippen LogP contribution in [-0.2, 0) is 7.05 Å². The molecule has 1 unspecified atom stereocenters. The first-order valence-electron chi connectivity index (χ1n) is 7.81. The molecule has 1 saturated heterocycles. The van der Waals surface area contributed by atoms with Crippen molar-refractivity contribution in [3.8, 4) is 0 Å². The zero-order valence-electron chi connectivity index (χ0n) is 14.1. The van der Waals surface area contributed by atoms with Crippen molar-refractivity contribution in [1.29, 1.82) is 0 Å². The van der Waals surface area contributed by atoms with Crippen LogP contribution in [0, 0.1) is 0 Å². The summed E-state index contributed by atoms with van der Waals surface area (Å²) in [5.74, 6) is 0.901. The molecule has 0 aromatic carbocycles. The molecule has 2 amide bonds. The monoisotopic (exact) mass is 317 g/mol. The fourth-order valence-electron chi connectivity index (χ4n) is 3.14. The molecular formula is C15H23N7O. The van der Waals surface area contributed by atoms with Crippen LogP contribution in [0.2, 0.25) is 0 Å². The summed E-state index contributed by atoms with van der Waals surface area (Å²) in [6.07, 6.45) is 5.43. The molecule has 1 fully saturated rings. The molecule has 0 bridgehead atoms. The first kappa shape index (κ1) is 15.5. The Labute approximate surface area is 135 Å². The highest BCUT2D eigenvalue weighted by atomic mass is 16.2. The molecule has 8 heteroatoms. The molecule has 2 aromatic heterocycles. The third kappa shape index (κ3) is 2.80. The molecule has 0 saturated carbocycles. The van der Waals surface area contributed by atoms with Gasteiger partial charge in [0.05, 0.1) is 17.6 Å². The van der Waals surface area contributed by atoms with Gasteiger partial charge in [-0.25, -0.2) is 14.8 Å². The number of hydrogen-bond acceptors (Lipinski definition) is 5. The van der Waals surface area contributed by atoms with Crippen molar-refractivity contribution in [1.82, 2.24) is 29.5 Å². The lowest BCUT2D eigenvalue weighted by Gasteiger charge is -2.39. The third-order valence-electron chi connectivity index (χ3n) is 4.44. The van der Waals surface area contributed by atoms with E-state index in [1.165, 1.54) is 0 Å². The lowest BCUT2D eigenvalue weighted by Crippen LogP contribution is -2.51. The summed E-state index contributed by atoms with van der Waals surface area (Å²) in [4.78, 5) is 26.6. The Hall–Kier alpha value is -2.38. The number of aryl methyl sites for hydroxylation is 1. The quantitative estimate of drug-likeness (QED) is 0.824. The Bertz CT molecular complexity index is 711. The van der Waals surface area contributed by atoms with Gasteiger partial charge < -0.3 is 14.7 Å². The molecule has 1 aliphatic heterocycles. The van der Waals surface area contributed by atoms with E-state index in [0.29, 0.717) is 0 Å². The van der Waals surface area contributed by atoms with Crippen molar-refractivity contribution in [3.63, 3.8) is 0 Å². The number of carbonyl (C=O) groups is 1. The van der Waals surface area contributed by atoms with E-state index in [9.17, 15) is 4.79 Å². The predicted octanol–water partition coefficient (Wildman–Crippen LogP) is 0.945. The summed E-state index contributed by atoms with van der Waals surface area (Å²) in [5, 5.41) is 5.23. The van der Waals surface area contributed by atoms with E-state index in [1.807, 2.05) is 25.2 Å².